The van der Waals surface area contributed by atoms with Gasteiger partial charge in [-0.2, -0.15) is 4.68 Å². The van der Waals surface area contributed by atoms with Gasteiger partial charge in [0.05, 0.1) is 11.3 Å². The molecule has 0 unspecified atom stereocenters. The van der Waals surface area contributed by atoms with Crippen molar-refractivity contribution in [3.63, 3.8) is 0 Å². The maximum absolute atomic E-state index is 12.4. The molecule has 1 aliphatic heterocycles. The molecule has 1 aromatic heterocycles. The first kappa shape index (κ1) is 13.4. The van der Waals surface area contributed by atoms with Crippen LogP contribution in [0.3, 0.4) is 0 Å². The van der Waals surface area contributed by atoms with Crippen molar-refractivity contribution >= 4 is 5.91 Å². The third-order valence-corrected chi connectivity index (χ3v) is 3.38. The van der Waals surface area contributed by atoms with Crippen LogP contribution in [0.25, 0.3) is 5.69 Å². The van der Waals surface area contributed by atoms with E-state index in [1.165, 1.54) is 16.6 Å². The standard InChI is InChI=1S/C14H16N6O/c21-14(16-9-11-5-7-15-8-6-11)12-3-1-2-4-13(12)20-10-17-18-19-20/h1-5,10,15H,6-9H2,(H,16,21). The molecule has 2 aromatic rings. The summed E-state index contributed by atoms with van der Waals surface area (Å²) in [5, 5.41) is 17.2. The lowest BCUT2D eigenvalue weighted by atomic mass is 10.1. The van der Waals surface area contributed by atoms with E-state index < -0.39 is 0 Å². The van der Waals surface area contributed by atoms with Gasteiger partial charge in [0.1, 0.15) is 6.33 Å². The number of hydrogen-bond donors (Lipinski definition) is 2. The van der Waals surface area contributed by atoms with E-state index in [1.54, 1.807) is 6.07 Å². The van der Waals surface area contributed by atoms with Gasteiger partial charge in [0.25, 0.3) is 5.91 Å². The van der Waals surface area contributed by atoms with Crippen LogP contribution in [0.15, 0.2) is 42.2 Å². The smallest absolute Gasteiger partial charge is 0.253 e. The molecule has 3 rings (SSSR count). The fourth-order valence-corrected chi connectivity index (χ4v) is 2.26. The molecular weight excluding hydrogens is 268 g/mol. The second-order valence-corrected chi connectivity index (χ2v) is 4.77. The number of carbonyl (C=O) groups is 1. The molecule has 0 saturated carbocycles. The highest BCUT2D eigenvalue weighted by atomic mass is 16.1. The van der Waals surface area contributed by atoms with Crippen molar-refractivity contribution in [3.05, 3.63) is 47.8 Å². The minimum Gasteiger partial charge on any atom is -0.348 e. The molecule has 2 heterocycles. The van der Waals surface area contributed by atoms with E-state index in [9.17, 15) is 4.79 Å². The summed E-state index contributed by atoms with van der Waals surface area (Å²) in [4.78, 5) is 12.4. The number of benzene rings is 1. The first-order chi connectivity index (χ1) is 10.3. The van der Waals surface area contributed by atoms with Gasteiger partial charge < -0.3 is 10.6 Å². The summed E-state index contributed by atoms with van der Waals surface area (Å²) in [6.45, 7) is 2.40. The van der Waals surface area contributed by atoms with E-state index in [4.69, 9.17) is 0 Å². The van der Waals surface area contributed by atoms with Crippen molar-refractivity contribution in [1.29, 1.82) is 0 Å². The zero-order valence-corrected chi connectivity index (χ0v) is 11.5. The Morgan fingerprint density at radius 3 is 3.05 bits per heavy atom. The Morgan fingerprint density at radius 1 is 1.38 bits per heavy atom. The third kappa shape index (κ3) is 3.14. The fraction of sp³-hybridized carbons (Fsp3) is 0.286. The second kappa shape index (κ2) is 6.27. The Labute approximate surface area is 122 Å². The normalized spacial score (nSPS) is 14.6. The molecule has 0 spiro atoms. The molecule has 0 atom stereocenters. The van der Waals surface area contributed by atoms with Crippen molar-refractivity contribution in [2.45, 2.75) is 6.42 Å². The molecule has 7 heteroatoms. The highest BCUT2D eigenvalue weighted by molar-refractivity contribution is 5.97. The highest BCUT2D eigenvalue weighted by Crippen LogP contribution is 2.12. The Bertz CT molecular complexity index is 649. The molecule has 0 bridgehead atoms. The molecule has 2 N–H and O–H groups in total. The summed E-state index contributed by atoms with van der Waals surface area (Å²) in [5.41, 5.74) is 2.47. The van der Waals surface area contributed by atoms with Gasteiger partial charge in [-0.25, -0.2) is 0 Å². The number of hydrogen-bond acceptors (Lipinski definition) is 5. The van der Waals surface area contributed by atoms with Crippen LogP contribution in [0.2, 0.25) is 0 Å². The topological polar surface area (TPSA) is 84.7 Å². The average molecular weight is 284 g/mol. The molecule has 0 aliphatic carbocycles. The molecule has 7 nitrogen and oxygen atoms in total. The van der Waals surface area contributed by atoms with Crippen LogP contribution in [-0.4, -0.2) is 45.7 Å². The maximum Gasteiger partial charge on any atom is 0.253 e. The van der Waals surface area contributed by atoms with Gasteiger partial charge in [-0.05, 0) is 35.5 Å². The Balaban J connectivity index is 1.74. The Morgan fingerprint density at radius 2 is 2.29 bits per heavy atom. The van der Waals surface area contributed by atoms with Crippen molar-refractivity contribution < 1.29 is 4.79 Å². The molecule has 21 heavy (non-hydrogen) atoms. The van der Waals surface area contributed by atoms with Gasteiger partial charge >= 0.3 is 0 Å². The van der Waals surface area contributed by atoms with Crippen molar-refractivity contribution in [2.75, 3.05) is 19.6 Å². The summed E-state index contributed by atoms with van der Waals surface area (Å²) >= 11 is 0. The summed E-state index contributed by atoms with van der Waals surface area (Å²) < 4.78 is 1.48. The predicted octanol–water partition coefficient (Wildman–Crippen LogP) is 0.312. The van der Waals surface area contributed by atoms with E-state index in [1.807, 2.05) is 18.2 Å². The maximum atomic E-state index is 12.4. The second-order valence-electron chi connectivity index (χ2n) is 4.77. The average Bonchev–Trinajstić information content (AvgIpc) is 3.08. The first-order valence-corrected chi connectivity index (χ1v) is 6.84. The molecule has 1 amide bonds. The number of nitrogens with one attached hydrogen (secondary N) is 2. The van der Waals surface area contributed by atoms with Gasteiger partial charge in [-0.15, -0.1) is 5.10 Å². The van der Waals surface area contributed by atoms with Gasteiger partial charge in [0.15, 0.2) is 0 Å². The zero-order valence-electron chi connectivity index (χ0n) is 11.5. The van der Waals surface area contributed by atoms with Gasteiger partial charge in [-0.1, -0.05) is 23.8 Å². The van der Waals surface area contributed by atoms with E-state index in [-0.39, 0.29) is 5.91 Å². The van der Waals surface area contributed by atoms with Crippen LogP contribution in [0.5, 0.6) is 0 Å². The largest absolute Gasteiger partial charge is 0.348 e. The number of carbonyl (C=O) groups excluding carboxylic acids is 1. The molecule has 1 aliphatic rings. The van der Waals surface area contributed by atoms with Crippen LogP contribution in [0.1, 0.15) is 16.8 Å². The summed E-state index contributed by atoms with van der Waals surface area (Å²) in [6.07, 6.45) is 4.56. The number of amides is 1. The molecule has 0 saturated heterocycles. The number of para-hydroxylation sites is 1. The highest BCUT2D eigenvalue weighted by Gasteiger charge is 2.13. The lowest BCUT2D eigenvalue weighted by Crippen LogP contribution is -2.30. The van der Waals surface area contributed by atoms with Gasteiger partial charge in [-0.3, -0.25) is 4.79 Å². The van der Waals surface area contributed by atoms with Crippen molar-refractivity contribution in [1.82, 2.24) is 30.8 Å². The Hall–Kier alpha value is -2.54. The van der Waals surface area contributed by atoms with Gasteiger partial charge in [0.2, 0.25) is 0 Å². The predicted molar refractivity (Wildman–Crippen MR) is 77.1 cm³/mol. The lowest BCUT2D eigenvalue weighted by Gasteiger charge is -2.15. The monoisotopic (exact) mass is 284 g/mol. The van der Waals surface area contributed by atoms with Crippen LogP contribution >= 0.6 is 0 Å². The van der Waals surface area contributed by atoms with Crippen LogP contribution < -0.4 is 10.6 Å². The van der Waals surface area contributed by atoms with Gasteiger partial charge in [0, 0.05) is 13.1 Å². The molecule has 0 fully saturated rings. The first-order valence-electron chi connectivity index (χ1n) is 6.84. The van der Waals surface area contributed by atoms with Crippen molar-refractivity contribution in [2.24, 2.45) is 0 Å². The molecular formula is C14H16N6O. The van der Waals surface area contributed by atoms with Crippen LogP contribution in [0.4, 0.5) is 0 Å². The van der Waals surface area contributed by atoms with Crippen molar-refractivity contribution in [3.8, 4) is 5.69 Å². The van der Waals surface area contributed by atoms with E-state index in [2.05, 4.69) is 32.2 Å². The summed E-state index contributed by atoms with van der Waals surface area (Å²) in [7, 11) is 0. The molecule has 108 valence electrons. The third-order valence-electron chi connectivity index (χ3n) is 3.38. The number of nitrogens with zero attached hydrogens (tertiary/aromatic N) is 4. The quantitative estimate of drug-likeness (QED) is 0.789. The summed E-state index contributed by atoms with van der Waals surface area (Å²) in [5.74, 6) is -0.125. The van der Waals surface area contributed by atoms with Crippen LogP contribution in [-0.2, 0) is 0 Å². The van der Waals surface area contributed by atoms with E-state index in [0.717, 1.165) is 19.5 Å². The number of tetrazole rings is 1. The number of rotatable bonds is 4. The lowest BCUT2D eigenvalue weighted by molar-refractivity contribution is 0.0956. The zero-order chi connectivity index (χ0) is 14.5. The fourth-order valence-electron chi connectivity index (χ4n) is 2.26. The molecule has 1 aromatic carbocycles. The summed E-state index contributed by atoms with van der Waals surface area (Å²) in [6, 6.07) is 7.26. The minimum absolute atomic E-state index is 0.125. The Kier molecular flexibility index (Phi) is 4.02. The van der Waals surface area contributed by atoms with E-state index in [0.29, 0.717) is 17.8 Å². The number of aromatic nitrogens is 4. The SMILES string of the molecule is O=C(NCC1=CCNCC1)c1ccccc1-n1cnnn1. The molecule has 0 radical (unpaired) electrons. The minimum atomic E-state index is -0.125. The van der Waals surface area contributed by atoms with E-state index >= 15 is 0 Å². The van der Waals surface area contributed by atoms with Crippen LogP contribution in [0, 0.1) is 0 Å².